The molecule has 0 aromatic heterocycles. The van der Waals surface area contributed by atoms with Crippen LogP contribution in [-0.4, -0.2) is 31.9 Å². The first-order valence-electron chi connectivity index (χ1n) is 6.03. The van der Waals surface area contributed by atoms with Crippen LogP contribution in [0.2, 0.25) is 5.02 Å². The van der Waals surface area contributed by atoms with E-state index in [1.807, 2.05) is 6.92 Å². The summed E-state index contributed by atoms with van der Waals surface area (Å²) in [5.74, 6) is -0.738. The Bertz CT molecular complexity index is 579. The first kappa shape index (κ1) is 14.7. The van der Waals surface area contributed by atoms with Crippen molar-refractivity contribution in [3.8, 4) is 0 Å². The number of sulfonamides is 1. The summed E-state index contributed by atoms with van der Waals surface area (Å²) >= 11 is 5.74. The van der Waals surface area contributed by atoms with Gasteiger partial charge in [-0.3, -0.25) is 0 Å². The zero-order valence-electron chi connectivity index (χ0n) is 10.5. The van der Waals surface area contributed by atoms with Gasteiger partial charge in [-0.15, -0.1) is 0 Å². The van der Waals surface area contributed by atoms with Crippen LogP contribution in [0.3, 0.4) is 0 Å². The van der Waals surface area contributed by atoms with Gasteiger partial charge in [0.1, 0.15) is 10.7 Å². The van der Waals surface area contributed by atoms with Crippen LogP contribution in [0, 0.1) is 11.7 Å². The van der Waals surface area contributed by atoms with Crippen molar-refractivity contribution in [1.29, 1.82) is 0 Å². The van der Waals surface area contributed by atoms with E-state index in [2.05, 4.69) is 0 Å². The van der Waals surface area contributed by atoms with E-state index in [1.54, 1.807) is 0 Å². The zero-order valence-corrected chi connectivity index (χ0v) is 12.1. The highest BCUT2D eigenvalue weighted by molar-refractivity contribution is 7.89. The minimum absolute atomic E-state index is 0.0179. The molecule has 106 valence electrons. The monoisotopic (exact) mass is 306 g/mol. The van der Waals surface area contributed by atoms with Crippen LogP contribution < -0.4 is 5.73 Å². The molecular formula is C12H16ClFN2O2S. The van der Waals surface area contributed by atoms with Gasteiger partial charge in [-0.25, -0.2) is 12.8 Å². The second-order valence-corrected chi connectivity index (χ2v) is 7.21. The third-order valence-electron chi connectivity index (χ3n) is 3.45. The van der Waals surface area contributed by atoms with Gasteiger partial charge in [-0.1, -0.05) is 18.5 Å². The van der Waals surface area contributed by atoms with Crippen molar-refractivity contribution in [3.63, 3.8) is 0 Å². The Hall–Kier alpha value is -0.690. The molecule has 0 bridgehead atoms. The second kappa shape index (κ2) is 5.36. The van der Waals surface area contributed by atoms with Gasteiger partial charge in [0, 0.05) is 24.2 Å². The standard InChI is InChI=1S/C12H16ClFN2O2S/c1-8-7-16(5-4-11(8)15)19(17,18)12-6-9(13)2-3-10(12)14/h2-3,6,8,11H,4-5,7,15H2,1H3. The number of benzene rings is 1. The maximum absolute atomic E-state index is 13.7. The number of hydrogen-bond donors (Lipinski definition) is 1. The summed E-state index contributed by atoms with van der Waals surface area (Å²) in [4.78, 5) is -0.373. The number of nitrogens with zero attached hydrogens (tertiary/aromatic N) is 1. The minimum atomic E-state index is -3.85. The molecule has 0 amide bonds. The quantitative estimate of drug-likeness (QED) is 0.907. The molecule has 1 aliphatic heterocycles. The predicted molar refractivity (Wildman–Crippen MR) is 71.9 cm³/mol. The SMILES string of the molecule is CC1CN(S(=O)(=O)c2cc(Cl)ccc2F)CCC1N. The van der Waals surface area contributed by atoms with E-state index in [0.29, 0.717) is 19.5 Å². The first-order chi connectivity index (χ1) is 8.82. The Kier molecular flexibility index (Phi) is 4.15. The van der Waals surface area contributed by atoms with Crippen LogP contribution in [0.5, 0.6) is 0 Å². The van der Waals surface area contributed by atoms with Gasteiger partial charge in [0.25, 0.3) is 0 Å². The van der Waals surface area contributed by atoms with Crippen molar-refractivity contribution in [2.45, 2.75) is 24.3 Å². The van der Waals surface area contributed by atoms with Crippen LogP contribution in [0.25, 0.3) is 0 Å². The molecule has 2 N–H and O–H groups in total. The molecule has 19 heavy (non-hydrogen) atoms. The summed E-state index contributed by atoms with van der Waals surface area (Å²) in [7, 11) is -3.85. The first-order valence-corrected chi connectivity index (χ1v) is 7.85. The fraction of sp³-hybridized carbons (Fsp3) is 0.500. The average Bonchev–Trinajstić information content (AvgIpc) is 2.35. The molecule has 2 rings (SSSR count). The zero-order chi connectivity index (χ0) is 14.2. The lowest BCUT2D eigenvalue weighted by atomic mass is 9.96. The Labute approximate surface area is 117 Å². The fourth-order valence-corrected chi connectivity index (χ4v) is 4.04. The molecule has 1 fully saturated rings. The number of nitrogens with two attached hydrogens (primary N) is 1. The molecule has 1 heterocycles. The highest BCUT2D eigenvalue weighted by Crippen LogP contribution is 2.26. The highest BCUT2D eigenvalue weighted by Gasteiger charge is 2.33. The Balaban J connectivity index is 2.35. The van der Waals surface area contributed by atoms with E-state index in [1.165, 1.54) is 10.4 Å². The number of hydrogen-bond acceptors (Lipinski definition) is 3. The van der Waals surface area contributed by atoms with E-state index in [9.17, 15) is 12.8 Å². The van der Waals surface area contributed by atoms with Crippen LogP contribution in [0.1, 0.15) is 13.3 Å². The van der Waals surface area contributed by atoms with Gasteiger partial charge in [0.2, 0.25) is 10.0 Å². The average molecular weight is 307 g/mol. The summed E-state index contributed by atoms with van der Waals surface area (Å²) in [6, 6.07) is 3.51. The smallest absolute Gasteiger partial charge is 0.246 e. The number of rotatable bonds is 2. The third-order valence-corrected chi connectivity index (χ3v) is 5.56. The summed E-state index contributed by atoms with van der Waals surface area (Å²) in [6.45, 7) is 2.50. The number of piperidine rings is 1. The molecular weight excluding hydrogens is 291 g/mol. The van der Waals surface area contributed by atoms with E-state index < -0.39 is 15.8 Å². The van der Waals surface area contributed by atoms with Crippen molar-refractivity contribution in [3.05, 3.63) is 29.0 Å². The molecule has 2 unspecified atom stereocenters. The Morgan fingerprint density at radius 1 is 1.47 bits per heavy atom. The van der Waals surface area contributed by atoms with Gasteiger partial charge < -0.3 is 5.73 Å². The van der Waals surface area contributed by atoms with Crippen LogP contribution in [-0.2, 0) is 10.0 Å². The van der Waals surface area contributed by atoms with E-state index >= 15 is 0 Å². The fourth-order valence-electron chi connectivity index (χ4n) is 2.16. The molecule has 0 saturated carbocycles. The highest BCUT2D eigenvalue weighted by atomic mass is 35.5. The van der Waals surface area contributed by atoms with Gasteiger partial charge in [-0.2, -0.15) is 4.31 Å². The van der Waals surface area contributed by atoms with E-state index in [4.69, 9.17) is 17.3 Å². The van der Waals surface area contributed by atoms with Crippen molar-refractivity contribution < 1.29 is 12.8 Å². The maximum atomic E-state index is 13.7. The van der Waals surface area contributed by atoms with Crippen molar-refractivity contribution in [1.82, 2.24) is 4.31 Å². The van der Waals surface area contributed by atoms with Crippen molar-refractivity contribution in [2.75, 3.05) is 13.1 Å². The normalized spacial score (nSPS) is 25.5. The van der Waals surface area contributed by atoms with Crippen molar-refractivity contribution in [2.24, 2.45) is 11.7 Å². The summed E-state index contributed by atoms with van der Waals surface area (Å²) in [5, 5.41) is 0.196. The van der Waals surface area contributed by atoms with Gasteiger partial charge >= 0.3 is 0 Å². The second-order valence-electron chi connectivity index (χ2n) is 4.87. The molecule has 0 spiro atoms. The lowest BCUT2D eigenvalue weighted by molar-refractivity contribution is 0.249. The van der Waals surface area contributed by atoms with Gasteiger partial charge in [-0.05, 0) is 30.5 Å². The predicted octanol–water partition coefficient (Wildman–Crippen LogP) is 1.84. The number of halogens is 2. The third kappa shape index (κ3) is 2.91. The maximum Gasteiger partial charge on any atom is 0.246 e. The summed E-state index contributed by atoms with van der Waals surface area (Å²) < 4.78 is 39.8. The van der Waals surface area contributed by atoms with Crippen molar-refractivity contribution >= 4 is 21.6 Å². The molecule has 1 aromatic rings. The van der Waals surface area contributed by atoms with Crippen LogP contribution in [0.15, 0.2) is 23.1 Å². The lowest BCUT2D eigenvalue weighted by Gasteiger charge is -2.34. The molecule has 0 aliphatic carbocycles. The van der Waals surface area contributed by atoms with E-state index in [-0.39, 0.29) is 21.9 Å². The summed E-state index contributed by atoms with van der Waals surface area (Å²) in [6.07, 6.45) is 0.572. The van der Waals surface area contributed by atoms with Gasteiger partial charge in [0.05, 0.1) is 0 Å². The molecule has 1 saturated heterocycles. The largest absolute Gasteiger partial charge is 0.327 e. The van der Waals surface area contributed by atoms with E-state index in [0.717, 1.165) is 12.1 Å². The molecule has 4 nitrogen and oxygen atoms in total. The minimum Gasteiger partial charge on any atom is -0.327 e. The molecule has 0 radical (unpaired) electrons. The lowest BCUT2D eigenvalue weighted by Crippen LogP contribution is -2.48. The topological polar surface area (TPSA) is 63.4 Å². The molecule has 7 heteroatoms. The van der Waals surface area contributed by atoms with Crippen LogP contribution in [0.4, 0.5) is 4.39 Å². The molecule has 1 aliphatic rings. The van der Waals surface area contributed by atoms with Gasteiger partial charge in [0.15, 0.2) is 0 Å². The Morgan fingerprint density at radius 2 is 2.16 bits per heavy atom. The summed E-state index contributed by atoms with van der Waals surface area (Å²) in [5.41, 5.74) is 5.86. The molecule has 2 atom stereocenters. The Morgan fingerprint density at radius 3 is 2.79 bits per heavy atom. The molecule has 1 aromatic carbocycles. The van der Waals surface area contributed by atoms with Crippen LogP contribution >= 0.6 is 11.6 Å².